The number of hydrogen-bond acceptors (Lipinski definition) is 1. The number of rotatable bonds is 1. The average molecular weight is 483 g/mol. The molecule has 0 aromatic heterocycles. The number of carbonyl (C=O) groups excluding carboxylic acids is 1. The summed E-state index contributed by atoms with van der Waals surface area (Å²) in [4.78, 5) is 10.4. The first-order valence-corrected chi connectivity index (χ1v) is 5.91. The van der Waals surface area contributed by atoms with E-state index in [0.717, 1.165) is 10.7 Å². The molecule has 0 unspecified atom stereocenters. The van der Waals surface area contributed by atoms with E-state index in [4.69, 9.17) is 0 Å². The monoisotopic (exact) mass is 483 g/mol. The van der Waals surface area contributed by atoms with E-state index < -0.39 is 0 Å². The maximum Gasteiger partial charge on any atom is 0.235 e. The van der Waals surface area contributed by atoms with E-state index in [9.17, 15) is 4.79 Å². The summed E-state index contributed by atoms with van der Waals surface area (Å²) < 4.78 is 3.08. The van der Waals surface area contributed by atoms with Crippen LogP contribution < -0.4 is 0 Å². The summed E-state index contributed by atoms with van der Waals surface area (Å²) in [5.74, 6) is 0. The van der Waals surface area contributed by atoms with Crippen molar-refractivity contribution in [2.75, 3.05) is 0 Å². The molecular formula is C7H2I3O. The lowest BCUT2D eigenvalue weighted by Gasteiger charge is -1.99. The Hall–Kier alpha value is 1.08. The van der Waals surface area contributed by atoms with Gasteiger partial charge in [0.15, 0.2) is 0 Å². The maximum atomic E-state index is 10.4. The fourth-order valence-electron chi connectivity index (χ4n) is 0.640. The Labute approximate surface area is 106 Å². The fraction of sp³-hybridized carbons (Fsp3) is 0. The highest BCUT2D eigenvalue weighted by molar-refractivity contribution is 14.1. The quantitative estimate of drug-likeness (QED) is 0.563. The van der Waals surface area contributed by atoms with Crippen LogP contribution >= 0.6 is 67.8 Å². The van der Waals surface area contributed by atoms with Gasteiger partial charge in [-0.25, -0.2) is 0 Å². The topological polar surface area (TPSA) is 17.1 Å². The van der Waals surface area contributed by atoms with Gasteiger partial charge in [-0.05, 0) is 79.9 Å². The van der Waals surface area contributed by atoms with Crippen molar-refractivity contribution in [3.8, 4) is 0 Å². The molecule has 11 heavy (non-hydrogen) atoms. The zero-order valence-corrected chi connectivity index (χ0v) is 11.7. The first kappa shape index (κ1) is 10.2. The van der Waals surface area contributed by atoms with Gasteiger partial charge in [0.2, 0.25) is 6.29 Å². The van der Waals surface area contributed by atoms with E-state index in [1.165, 1.54) is 0 Å². The first-order valence-electron chi connectivity index (χ1n) is 2.68. The Morgan fingerprint density at radius 3 is 1.91 bits per heavy atom. The van der Waals surface area contributed by atoms with Crippen LogP contribution in [0.4, 0.5) is 0 Å². The first-order chi connectivity index (χ1) is 5.15. The summed E-state index contributed by atoms with van der Waals surface area (Å²) in [5.41, 5.74) is 0.673. The molecule has 0 amide bonds. The molecule has 1 aromatic rings. The third kappa shape index (κ3) is 2.51. The molecule has 1 radical (unpaired) electrons. The Balaban J connectivity index is 3.36. The van der Waals surface area contributed by atoms with E-state index in [-0.39, 0.29) is 0 Å². The third-order valence-electron chi connectivity index (χ3n) is 1.11. The van der Waals surface area contributed by atoms with Gasteiger partial charge in [0.05, 0.1) is 5.56 Å². The van der Waals surface area contributed by atoms with Crippen molar-refractivity contribution < 1.29 is 4.79 Å². The number of benzene rings is 1. The normalized spacial score (nSPS) is 9.73. The Morgan fingerprint density at radius 2 is 1.55 bits per heavy atom. The highest BCUT2D eigenvalue weighted by Gasteiger charge is 2.05. The Bertz CT molecular complexity index is 273. The van der Waals surface area contributed by atoms with Crippen LogP contribution in [0.15, 0.2) is 12.1 Å². The lowest BCUT2D eigenvalue weighted by molar-refractivity contribution is 0.562. The highest BCUT2D eigenvalue weighted by Crippen LogP contribution is 2.20. The SMILES string of the molecule is O=[C]c1c(I)cc(I)cc1I. The minimum absolute atomic E-state index is 0.673. The molecule has 1 aromatic carbocycles. The van der Waals surface area contributed by atoms with E-state index in [1.807, 2.05) is 18.4 Å². The summed E-state index contributed by atoms with van der Waals surface area (Å²) in [6, 6.07) is 3.92. The van der Waals surface area contributed by atoms with Crippen molar-refractivity contribution in [3.63, 3.8) is 0 Å². The van der Waals surface area contributed by atoms with Crippen LogP contribution in [0.25, 0.3) is 0 Å². The molecule has 57 valence electrons. The lowest BCUT2D eigenvalue weighted by atomic mass is 10.2. The van der Waals surface area contributed by atoms with Crippen molar-refractivity contribution in [2.45, 2.75) is 0 Å². The smallest absolute Gasteiger partial charge is 0.235 e. The lowest BCUT2D eigenvalue weighted by Crippen LogP contribution is -1.91. The zero-order valence-electron chi connectivity index (χ0n) is 5.20. The second-order valence-electron chi connectivity index (χ2n) is 1.85. The molecule has 0 bridgehead atoms. The summed E-state index contributed by atoms with van der Waals surface area (Å²) in [6.07, 6.45) is 1.92. The van der Waals surface area contributed by atoms with Crippen molar-refractivity contribution in [3.05, 3.63) is 28.4 Å². The average Bonchev–Trinajstić information content (AvgIpc) is 1.85. The second kappa shape index (κ2) is 4.35. The molecule has 0 N–H and O–H groups in total. The van der Waals surface area contributed by atoms with Gasteiger partial charge in [0.25, 0.3) is 0 Å². The fourth-order valence-corrected chi connectivity index (χ4v) is 4.44. The molecule has 0 fully saturated rings. The molecule has 0 heterocycles. The van der Waals surface area contributed by atoms with Crippen LogP contribution in [0.2, 0.25) is 0 Å². The molecule has 0 saturated heterocycles. The molecule has 0 saturated carbocycles. The minimum atomic E-state index is 0.673. The van der Waals surface area contributed by atoms with Crippen molar-refractivity contribution in [2.24, 2.45) is 0 Å². The predicted molar refractivity (Wildman–Crippen MR) is 69.4 cm³/mol. The summed E-state index contributed by atoms with van der Waals surface area (Å²) in [6.45, 7) is 0. The van der Waals surface area contributed by atoms with Crippen molar-refractivity contribution in [1.29, 1.82) is 0 Å². The second-order valence-corrected chi connectivity index (χ2v) is 5.42. The van der Waals surface area contributed by atoms with Crippen molar-refractivity contribution in [1.82, 2.24) is 0 Å². The molecule has 0 aliphatic heterocycles. The summed E-state index contributed by atoms with van der Waals surface area (Å²) in [5, 5.41) is 0. The number of halogens is 3. The summed E-state index contributed by atoms with van der Waals surface area (Å²) in [7, 11) is 0. The Morgan fingerprint density at radius 1 is 1.09 bits per heavy atom. The van der Waals surface area contributed by atoms with Gasteiger partial charge in [0.1, 0.15) is 0 Å². The van der Waals surface area contributed by atoms with Crippen LogP contribution in [-0.4, -0.2) is 6.29 Å². The maximum absolute atomic E-state index is 10.4. The predicted octanol–water partition coefficient (Wildman–Crippen LogP) is 2.96. The van der Waals surface area contributed by atoms with Gasteiger partial charge in [-0.3, -0.25) is 4.79 Å². The highest BCUT2D eigenvalue weighted by atomic mass is 127. The van der Waals surface area contributed by atoms with Gasteiger partial charge in [-0.15, -0.1) is 0 Å². The van der Waals surface area contributed by atoms with Crippen LogP contribution in [0.5, 0.6) is 0 Å². The van der Waals surface area contributed by atoms with Crippen LogP contribution in [0.3, 0.4) is 0 Å². The molecule has 1 nitrogen and oxygen atoms in total. The summed E-state index contributed by atoms with van der Waals surface area (Å²) >= 11 is 6.50. The van der Waals surface area contributed by atoms with Crippen LogP contribution in [0, 0.1) is 10.7 Å². The van der Waals surface area contributed by atoms with E-state index in [2.05, 4.69) is 67.8 Å². The number of hydrogen-bond donors (Lipinski definition) is 0. The largest absolute Gasteiger partial charge is 0.285 e. The van der Waals surface area contributed by atoms with E-state index in [0.29, 0.717) is 5.56 Å². The van der Waals surface area contributed by atoms with Gasteiger partial charge in [-0.2, -0.15) is 0 Å². The molecular weight excluding hydrogens is 481 g/mol. The van der Waals surface area contributed by atoms with Crippen LogP contribution in [-0.2, 0) is 4.79 Å². The van der Waals surface area contributed by atoms with Gasteiger partial charge in [-0.1, -0.05) is 0 Å². The standard InChI is InChI=1S/C7H2I3O/c8-4-1-6(9)5(3-11)7(10)2-4/h1-2H. The van der Waals surface area contributed by atoms with E-state index >= 15 is 0 Å². The van der Waals surface area contributed by atoms with Crippen molar-refractivity contribution >= 4 is 74.1 Å². The third-order valence-corrected chi connectivity index (χ3v) is 3.43. The molecule has 0 spiro atoms. The molecule has 0 aliphatic rings. The Kier molecular flexibility index (Phi) is 4.02. The van der Waals surface area contributed by atoms with Gasteiger partial charge in [0, 0.05) is 10.7 Å². The minimum Gasteiger partial charge on any atom is -0.285 e. The van der Waals surface area contributed by atoms with Gasteiger partial charge < -0.3 is 0 Å². The molecule has 4 heteroatoms. The molecule has 0 aliphatic carbocycles. The molecule has 1 rings (SSSR count). The van der Waals surface area contributed by atoms with E-state index in [1.54, 1.807) is 0 Å². The molecule has 0 atom stereocenters. The zero-order chi connectivity index (χ0) is 8.43. The van der Waals surface area contributed by atoms with Gasteiger partial charge >= 0.3 is 0 Å². The van der Waals surface area contributed by atoms with Crippen LogP contribution in [0.1, 0.15) is 5.56 Å².